The molecule has 1 aliphatic heterocycles. The third kappa shape index (κ3) is 6.91. The molecule has 0 spiro atoms. The Morgan fingerprint density at radius 1 is 1.28 bits per heavy atom. The molecule has 7 heteroatoms. The monoisotopic (exact) mass is 415 g/mol. The van der Waals surface area contributed by atoms with E-state index in [1.807, 2.05) is 24.4 Å². The first-order valence-electron chi connectivity index (χ1n) is 10.2. The molecule has 1 atom stereocenters. The van der Waals surface area contributed by atoms with E-state index < -0.39 is 0 Å². The molecule has 1 fully saturated rings. The summed E-state index contributed by atoms with van der Waals surface area (Å²) in [6.07, 6.45) is 3.05. The number of morpholine rings is 1. The Hall–Kier alpha value is -2.31. The summed E-state index contributed by atoms with van der Waals surface area (Å²) >= 11 is 6.05. The molecule has 2 N–H and O–H groups in total. The van der Waals surface area contributed by atoms with Gasteiger partial charge in [0.2, 0.25) is 0 Å². The Morgan fingerprint density at radius 2 is 2.17 bits per heavy atom. The number of benzene rings is 1. The molecule has 1 aromatic heterocycles. The maximum atomic E-state index is 6.05. The van der Waals surface area contributed by atoms with Crippen LogP contribution >= 0.6 is 11.6 Å². The van der Waals surface area contributed by atoms with Crippen molar-refractivity contribution >= 4 is 23.4 Å². The van der Waals surface area contributed by atoms with E-state index in [9.17, 15) is 0 Å². The Labute approximate surface area is 178 Å². The van der Waals surface area contributed by atoms with Gasteiger partial charge in [0.05, 0.1) is 19.3 Å². The molecular formula is C22H30ClN5O. The van der Waals surface area contributed by atoms with Gasteiger partial charge in [0.25, 0.3) is 0 Å². The quantitative estimate of drug-likeness (QED) is 0.537. The lowest BCUT2D eigenvalue weighted by Gasteiger charge is -2.32. The van der Waals surface area contributed by atoms with Gasteiger partial charge in [-0.15, -0.1) is 0 Å². The first kappa shape index (κ1) is 21.4. The Balaban J connectivity index is 1.52. The second-order valence-corrected chi connectivity index (χ2v) is 7.59. The van der Waals surface area contributed by atoms with Crippen LogP contribution in [-0.4, -0.2) is 49.8 Å². The average molecular weight is 416 g/mol. The van der Waals surface area contributed by atoms with Crippen LogP contribution in [0.2, 0.25) is 5.02 Å². The molecule has 0 bridgehead atoms. The maximum absolute atomic E-state index is 6.05. The lowest BCUT2D eigenvalue weighted by atomic mass is 10.1. The lowest BCUT2D eigenvalue weighted by Crippen LogP contribution is -2.41. The first-order valence-corrected chi connectivity index (χ1v) is 10.6. The van der Waals surface area contributed by atoms with E-state index in [0.29, 0.717) is 6.54 Å². The molecule has 1 aromatic carbocycles. The highest BCUT2D eigenvalue weighted by Gasteiger charge is 2.17. The molecule has 2 aromatic rings. The predicted molar refractivity (Wildman–Crippen MR) is 120 cm³/mol. The van der Waals surface area contributed by atoms with Crippen molar-refractivity contribution in [3.8, 4) is 0 Å². The summed E-state index contributed by atoms with van der Waals surface area (Å²) in [5.41, 5.74) is 2.29. The maximum Gasteiger partial charge on any atom is 0.191 e. The Morgan fingerprint density at radius 3 is 2.90 bits per heavy atom. The molecular weight excluding hydrogens is 386 g/mol. The van der Waals surface area contributed by atoms with Gasteiger partial charge in [0.1, 0.15) is 5.82 Å². The zero-order valence-corrected chi connectivity index (χ0v) is 18.0. The molecule has 0 radical (unpaired) electrons. The third-order valence-corrected chi connectivity index (χ3v) is 4.97. The number of anilines is 1. The summed E-state index contributed by atoms with van der Waals surface area (Å²) in [6.45, 7) is 8.86. The molecule has 156 valence electrons. The van der Waals surface area contributed by atoms with Crippen LogP contribution in [0, 0.1) is 0 Å². The van der Waals surface area contributed by atoms with Crippen LogP contribution in [0.1, 0.15) is 25.0 Å². The van der Waals surface area contributed by atoms with Gasteiger partial charge in [0, 0.05) is 37.4 Å². The van der Waals surface area contributed by atoms with Crippen molar-refractivity contribution in [2.24, 2.45) is 4.99 Å². The molecule has 0 amide bonds. The van der Waals surface area contributed by atoms with Crippen LogP contribution < -0.4 is 15.5 Å². The fraction of sp³-hybridized carbons (Fsp3) is 0.455. The minimum atomic E-state index is 0.246. The van der Waals surface area contributed by atoms with Crippen LogP contribution in [0.5, 0.6) is 0 Å². The molecule has 0 aliphatic carbocycles. The van der Waals surface area contributed by atoms with Crippen molar-refractivity contribution in [3.63, 3.8) is 0 Å². The number of nitrogens with zero attached hydrogens (tertiary/aromatic N) is 3. The molecule has 1 unspecified atom stereocenters. The van der Waals surface area contributed by atoms with Gasteiger partial charge in [-0.05, 0) is 49.6 Å². The summed E-state index contributed by atoms with van der Waals surface area (Å²) in [5.74, 6) is 1.81. The molecule has 3 rings (SSSR count). The van der Waals surface area contributed by atoms with Gasteiger partial charge < -0.3 is 20.3 Å². The number of hydrogen-bond donors (Lipinski definition) is 2. The van der Waals surface area contributed by atoms with E-state index in [1.54, 1.807) is 0 Å². The second-order valence-electron chi connectivity index (χ2n) is 7.15. The predicted octanol–water partition coefficient (Wildman–Crippen LogP) is 3.26. The Kier molecular flexibility index (Phi) is 8.14. The van der Waals surface area contributed by atoms with Gasteiger partial charge in [-0.25, -0.2) is 9.98 Å². The van der Waals surface area contributed by atoms with Gasteiger partial charge in [0.15, 0.2) is 5.96 Å². The summed E-state index contributed by atoms with van der Waals surface area (Å²) in [7, 11) is 0. The van der Waals surface area contributed by atoms with E-state index >= 15 is 0 Å². The number of aliphatic imine (C=N–C) groups is 1. The number of pyridine rings is 1. The molecule has 1 saturated heterocycles. The highest BCUT2D eigenvalue weighted by molar-refractivity contribution is 6.30. The number of guanidine groups is 1. The van der Waals surface area contributed by atoms with Crippen LogP contribution in [0.4, 0.5) is 5.82 Å². The van der Waals surface area contributed by atoms with Crippen molar-refractivity contribution in [2.75, 3.05) is 37.7 Å². The van der Waals surface area contributed by atoms with Gasteiger partial charge >= 0.3 is 0 Å². The number of aromatic nitrogens is 1. The van der Waals surface area contributed by atoms with E-state index in [2.05, 4.69) is 57.6 Å². The molecule has 1 aliphatic rings. The van der Waals surface area contributed by atoms with Gasteiger partial charge in [-0.2, -0.15) is 0 Å². The largest absolute Gasteiger partial charge is 0.375 e. The molecule has 2 heterocycles. The van der Waals surface area contributed by atoms with Gasteiger partial charge in [-0.1, -0.05) is 29.8 Å². The Bertz CT molecular complexity index is 796. The molecule has 29 heavy (non-hydrogen) atoms. The zero-order valence-electron chi connectivity index (χ0n) is 17.2. The van der Waals surface area contributed by atoms with Crippen LogP contribution in [0.15, 0.2) is 47.6 Å². The van der Waals surface area contributed by atoms with Crippen molar-refractivity contribution in [3.05, 3.63) is 58.7 Å². The standard InChI is InChI=1S/C22H30ClN5O/c1-3-24-22(25-10-9-18-5-4-6-20(23)13-18)27-15-19-7-8-21(26-14-19)28-11-12-29-17(2)16-28/h4-8,13-14,17H,3,9-12,15-16H2,1-2H3,(H2,24,25,27). The van der Waals surface area contributed by atoms with Gasteiger partial charge in [-0.3, -0.25) is 0 Å². The number of rotatable bonds is 7. The summed E-state index contributed by atoms with van der Waals surface area (Å²) < 4.78 is 5.60. The van der Waals surface area contributed by atoms with E-state index in [-0.39, 0.29) is 6.10 Å². The van der Waals surface area contributed by atoms with Crippen molar-refractivity contribution in [1.82, 2.24) is 15.6 Å². The minimum absolute atomic E-state index is 0.246. The molecule has 0 saturated carbocycles. The number of hydrogen-bond acceptors (Lipinski definition) is 4. The fourth-order valence-corrected chi connectivity index (χ4v) is 3.47. The third-order valence-electron chi connectivity index (χ3n) is 4.73. The second kappa shape index (κ2) is 11.0. The van der Waals surface area contributed by atoms with Crippen molar-refractivity contribution in [2.45, 2.75) is 32.9 Å². The van der Waals surface area contributed by atoms with Crippen LogP contribution in [0.3, 0.4) is 0 Å². The minimum Gasteiger partial charge on any atom is -0.375 e. The smallest absolute Gasteiger partial charge is 0.191 e. The molecule has 6 nitrogen and oxygen atoms in total. The number of nitrogens with one attached hydrogen (secondary N) is 2. The summed E-state index contributed by atoms with van der Waals surface area (Å²) in [4.78, 5) is 11.6. The lowest BCUT2D eigenvalue weighted by molar-refractivity contribution is 0.0529. The van der Waals surface area contributed by atoms with E-state index in [4.69, 9.17) is 16.3 Å². The van der Waals surface area contributed by atoms with E-state index in [1.165, 1.54) is 5.56 Å². The topological polar surface area (TPSA) is 61.8 Å². The highest BCUT2D eigenvalue weighted by atomic mass is 35.5. The average Bonchev–Trinajstić information content (AvgIpc) is 2.72. The van der Waals surface area contributed by atoms with Crippen molar-refractivity contribution < 1.29 is 4.74 Å². The summed E-state index contributed by atoms with van der Waals surface area (Å²) in [5, 5.41) is 7.44. The van der Waals surface area contributed by atoms with E-state index in [0.717, 1.165) is 61.6 Å². The SMILES string of the molecule is CCNC(=NCc1ccc(N2CCOC(C)C2)nc1)NCCc1cccc(Cl)c1. The zero-order chi connectivity index (χ0) is 20.5. The first-order chi connectivity index (χ1) is 14.1. The highest BCUT2D eigenvalue weighted by Crippen LogP contribution is 2.16. The summed E-state index contributed by atoms with van der Waals surface area (Å²) in [6, 6.07) is 12.1. The normalized spacial score (nSPS) is 17.3. The van der Waals surface area contributed by atoms with Crippen LogP contribution in [0.25, 0.3) is 0 Å². The van der Waals surface area contributed by atoms with Crippen LogP contribution in [-0.2, 0) is 17.7 Å². The number of ether oxygens (including phenoxy) is 1. The fourth-order valence-electron chi connectivity index (χ4n) is 3.25. The van der Waals surface area contributed by atoms with Crippen molar-refractivity contribution in [1.29, 1.82) is 0 Å². The number of halogens is 1.